The van der Waals surface area contributed by atoms with Gasteiger partial charge in [-0.3, -0.25) is 4.90 Å². The predicted octanol–water partition coefficient (Wildman–Crippen LogP) is 1.53. The molecule has 2 rings (SSSR count). The summed E-state index contributed by atoms with van der Waals surface area (Å²) >= 11 is 5.86. The van der Waals surface area contributed by atoms with Crippen molar-refractivity contribution in [3.63, 3.8) is 0 Å². The Bertz CT molecular complexity index is 329. The van der Waals surface area contributed by atoms with E-state index < -0.39 is 0 Å². The molecule has 4 heteroatoms. The van der Waals surface area contributed by atoms with Crippen molar-refractivity contribution in [2.45, 2.75) is 19.5 Å². The van der Waals surface area contributed by atoms with Crippen LogP contribution in [0.3, 0.4) is 0 Å². The third-order valence-corrected chi connectivity index (χ3v) is 3.02. The number of nitrogens with zero attached hydrogens (tertiary/aromatic N) is 2. The second kappa shape index (κ2) is 4.92. The van der Waals surface area contributed by atoms with Gasteiger partial charge in [0.2, 0.25) is 0 Å². The van der Waals surface area contributed by atoms with Crippen molar-refractivity contribution in [3.05, 3.63) is 29.0 Å². The molecular weight excluding hydrogens is 210 g/mol. The first-order chi connectivity index (χ1) is 7.25. The summed E-state index contributed by atoms with van der Waals surface area (Å²) in [6.45, 7) is 6.45. The zero-order valence-corrected chi connectivity index (χ0v) is 9.67. The Morgan fingerprint density at radius 2 is 2.53 bits per heavy atom. The van der Waals surface area contributed by atoms with Gasteiger partial charge in [0.15, 0.2) is 0 Å². The SMILES string of the molecule is C[C@@H]1CNCCN1Cc1ccnc(Cl)c1. The third-order valence-electron chi connectivity index (χ3n) is 2.82. The molecule has 0 unspecified atom stereocenters. The molecule has 1 atom stereocenters. The highest BCUT2D eigenvalue weighted by molar-refractivity contribution is 6.29. The molecule has 82 valence electrons. The fourth-order valence-electron chi connectivity index (χ4n) is 1.89. The molecule has 0 saturated carbocycles. The summed E-state index contributed by atoms with van der Waals surface area (Å²) in [5.74, 6) is 0. The highest BCUT2D eigenvalue weighted by Crippen LogP contribution is 2.12. The van der Waals surface area contributed by atoms with E-state index >= 15 is 0 Å². The maximum Gasteiger partial charge on any atom is 0.129 e. The van der Waals surface area contributed by atoms with Crippen LogP contribution in [-0.4, -0.2) is 35.6 Å². The molecule has 0 bridgehead atoms. The maximum atomic E-state index is 5.86. The number of pyridine rings is 1. The maximum absolute atomic E-state index is 5.86. The number of aromatic nitrogens is 1. The molecule has 1 aromatic rings. The normalized spacial score (nSPS) is 22.9. The smallest absolute Gasteiger partial charge is 0.129 e. The van der Waals surface area contributed by atoms with E-state index in [4.69, 9.17) is 11.6 Å². The van der Waals surface area contributed by atoms with Crippen LogP contribution >= 0.6 is 11.6 Å². The van der Waals surface area contributed by atoms with E-state index in [-0.39, 0.29) is 0 Å². The lowest BCUT2D eigenvalue weighted by Gasteiger charge is -2.33. The van der Waals surface area contributed by atoms with Crippen LogP contribution in [0.5, 0.6) is 0 Å². The Hall–Kier alpha value is -0.640. The van der Waals surface area contributed by atoms with Gasteiger partial charge in [0.1, 0.15) is 5.15 Å². The second-order valence-corrected chi connectivity index (χ2v) is 4.40. The summed E-state index contributed by atoms with van der Waals surface area (Å²) in [4.78, 5) is 6.45. The summed E-state index contributed by atoms with van der Waals surface area (Å²) in [6, 6.07) is 4.56. The Morgan fingerprint density at radius 3 is 3.27 bits per heavy atom. The minimum atomic E-state index is 0.579. The number of hydrogen-bond acceptors (Lipinski definition) is 3. The fourth-order valence-corrected chi connectivity index (χ4v) is 2.09. The number of halogens is 1. The van der Waals surface area contributed by atoms with Gasteiger partial charge in [-0.05, 0) is 24.6 Å². The zero-order chi connectivity index (χ0) is 10.7. The van der Waals surface area contributed by atoms with Crippen molar-refractivity contribution in [1.82, 2.24) is 15.2 Å². The average Bonchev–Trinajstić information content (AvgIpc) is 2.22. The van der Waals surface area contributed by atoms with Gasteiger partial charge in [-0.2, -0.15) is 0 Å². The number of hydrogen-bond donors (Lipinski definition) is 1. The Kier molecular flexibility index (Phi) is 3.57. The third kappa shape index (κ3) is 2.91. The van der Waals surface area contributed by atoms with Crippen molar-refractivity contribution >= 4 is 11.6 Å². The molecule has 1 N–H and O–H groups in total. The topological polar surface area (TPSA) is 28.2 Å². The average molecular weight is 226 g/mol. The van der Waals surface area contributed by atoms with Gasteiger partial charge in [-0.15, -0.1) is 0 Å². The summed E-state index contributed by atoms with van der Waals surface area (Å²) in [5, 5.41) is 3.96. The van der Waals surface area contributed by atoms with E-state index in [9.17, 15) is 0 Å². The second-order valence-electron chi connectivity index (χ2n) is 4.01. The molecule has 0 radical (unpaired) electrons. The van der Waals surface area contributed by atoms with Crippen molar-refractivity contribution in [2.24, 2.45) is 0 Å². The summed E-state index contributed by atoms with van der Waals surface area (Å²) < 4.78 is 0. The van der Waals surface area contributed by atoms with E-state index in [2.05, 4.69) is 22.1 Å². The van der Waals surface area contributed by atoms with Gasteiger partial charge in [-0.25, -0.2) is 4.98 Å². The molecule has 0 aromatic carbocycles. The summed E-state index contributed by atoms with van der Waals surface area (Å²) in [7, 11) is 0. The molecule has 1 aliphatic heterocycles. The van der Waals surface area contributed by atoms with Crippen LogP contribution in [0.1, 0.15) is 12.5 Å². The monoisotopic (exact) mass is 225 g/mol. The molecule has 0 spiro atoms. The van der Waals surface area contributed by atoms with Gasteiger partial charge >= 0.3 is 0 Å². The fraction of sp³-hybridized carbons (Fsp3) is 0.545. The predicted molar refractivity (Wildman–Crippen MR) is 62.0 cm³/mol. The van der Waals surface area contributed by atoms with Gasteiger partial charge in [0, 0.05) is 38.4 Å². The first-order valence-electron chi connectivity index (χ1n) is 5.31. The number of nitrogens with one attached hydrogen (secondary N) is 1. The van der Waals surface area contributed by atoms with Crippen LogP contribution in [-0.2, 0) is 6.54 Å². The van der Waals surface area contributed by atoms with E-state index in [1.807, 2.05) is 12.1 Å². The molecule has 2 heterocycles. The highest BCUT2D eigenvalue weighted by Gasteiger charge is 2.17. The van der Waals surface area contributed by atoms with Crippen molar-refractivity contribution in [3.8, 4) is 0 Å². The van der Waals surface area contributed by atoms with E-state index in [0.29, 0.717) is 11.2 Å². The Morgan fingerprint density at radius 1 is 1.67 bits per heavy atom. The van der Waals surface area contributed by atoms with E-state index in [0.717, 1.165) is 26.2 Å². The summed E-state index contributed by atoms with van der Waals surface area (Å²) in [5.41, 5.74) is 1.24. The van der Waals surface area contributed by atoms with Crippen LogP contribution in [0.25, 0.3) is 0 Å². The van der Waals surface area contributed by atoms with Crippen LogP contribution in [0, 0.1) is 0 Å². The lowest BCUT2D eigenvalue weighted by atomic mass is 10.2. The largest absolute Gasteiger partial charge is 0.314 e. The standard InChI is InChI=1S/C11H16ClN3/c1-9-7-13-4-5-15(9)8-10-2-3-14-11(12)6-10/h2-3,6,9,13H,4-5,7-8H2,1H3/t9-/m1/s1. The summed E-state index contributed by atoms with van der Waals surface area (Å²) in [6.07, 6.45) is 1.77. The van der Waals surface area contributed by atoms with Gasteiger partial charge < -0.3 is 5.32 Å². The van der Waals surface area contributed by atoms with Crippen molar-refractivity contribution < 1.29 is 0 Å². The van der Waals surface area contributed by atoms with Gasteiger partial charge in [-0.1, -0.05) is 11.6 Å². The first kappa shape index (κ1) is 10.9. The van der Waals surface area contributed by atoms with Crippen molar-refractivity contribution in [1.29, 1.82) is 0 Å². The molecule has 15 heavy (non-hydrogen) atoms. The van der Waals surface area contributed by atoms with Gasteiger partial charge in [0.05, 0.1) is 0 Å². The number of piperazine rings is 1. The van der Waals surface area contributed by atoms with Crippen LogP contribution in [0.2, 0.25) is 5.15 Å². The van der Waals surface area contributed by atoms with Crippen LogP contribution in [0.4, 0.5) is 0 Å². The molecule has 0 aliphatic carbocycles. The zero-order valence-electron chi connectivity index (χ0n) is 8.91. The molecule has 1 aliphatic rings. The molecule has 1 aromatic heterocycles. The molecule has 1 saturated heterocycles. The Balaban J connectivity index is 2.01. The minimum Gasteiger partial charge on any atom is -0.314 e. The highest BCUT2D eigenvalue weighted by atomic mass is 35.5. The Labute approximate surface area is 95.4 Å². The van der Waals surface area contributed by atoms with Crippen LogP contribution < -0.4 is 5.32 Å². The van der Waals surface area contributed by atoms with E-state index in [1.165, 1.54) is 5.56 Å². The quantitative estimate of drug-likeness (QED) is 0.774. The minimum absolute atomic E-state index is 0.579. The van der Waals surface area contributed by atoms with Crippen LogP contribution in [0.15, 0.2) is 18.3 Å². The lowest BCUT2D eigenvalue weighted by molar-refractivity contribution is 0.165. The molecule has 0 amide bonds. The molecule has 3 nitrogen and oxygen atoms in total. The molecule has 1 fully saturated rings. The van der Waals surface area contributed by atoms with Crippen molar-refractivity contribution in [2.75, 3.05) is 19.6 Å². The number of rotatable bonds is 2. The van der Waals surface area contributed by atoms with E-state index in [1.54, 1.807) is 6.20 Å². The lowest BCUT2D eigenvalue weighted by Crippen LogP contribution is -2.49. The first-order valence-corrected chi connectivity index (χ1v) is 5.69. The molecular formula is C11H16ClN3. The van der Waals surface area contributed by atoms with Gasteiger partial charge in [0.25, 0.3) is 0 Å².